The summed E-state index contributed by atoms with van der Waals surface area (Å²) < 4.78 is 16.6. The predicted octanol–water partition coefficient (Wildman–Crippen LogP) is 3.41. The van der Waals surface area contributed by atoms with Crippen LogP contribution in [0, 0.1) is 0 Å². The van der Waals surface area contributed by atoms with E-state index in [4.69, 9.17) is 14.2 Å². The lowest BCUT2D eigenvalue weighted by molar-refractivity contribution is -0.131. The lowest BCUT2D eigenvalue weighted by Crippen LogP contribution is -2.38. The SMILES string of the molecule is O=C(OC(C(=O)NC1CCCC1)c1ccccc1)c1ccc2c(c1)OCCO2. The normalized spacial score (nSPS) is 17.0. The molecule has 2 aromatic rings. The second-order valence-corrected chi connectivity index (χ2v) is 7.04. The van der Waals surface area contributed by atoms with Gasteiger partial charge in [0, 0.05) is 11.6 Å². The zero-order chi connectivity index (χ0) is 19.3. The third kappa shape index (κ3) is 4.11. The van der Waals surface area contributed by atoms with Crippen molar-refractivity contribution >= 4 is 11.9 Å². The third-order valence-corrected chi connectivity index (χ3v) is 5.04. The Balaban J connectivity index is 1.53. The molecule has 1 atom stereocenters. The summed E-state index contributed by atoms with van der Waals surface area (Å²) in [5.41, 5.74) is 0.961. The summed E-state index contributed by atoms with van der Waals surface area (Å²) in [6.45, 7) is 0.913. The van der Waals surface area contributed by atoms with Gasteiger partial charge in [-0.2, -0.15) is 0 Å². The number of benzene rings is 2. The molecule has 1 saturated carbocycles. The van der Waals surface area contributed by atoms with E-state index >= 15 is 0 Å². The summed E-state index contributed by atoms with van der Waals surface area (Å²) in [7, 11) is 0. The van der Waals surface area contributed by atoms with Crippen molar-refractivity contribution in [2.75, 3.05) is 13.2 Å². The molecule has 0 aromatic heterocycles. The molecule has 1 aliphatic heterocycles. The smallest absolute Gasteiger partial charge is 0.339 e. The quantitative estimate of drug-likeness (QED) is 0.804. The van der Waals surface area contributed by atoms with Crippen LogP contribution in [-0.4, -0.2) is 31.1 Å². The monoisotopic (exact) mass is 381 g/mol. The van der Waals surface area contributed by atoms with Gasteiger partial charge in [0.05, 0.1) is 5.56 Å². The third-order valence-electron chi connectivity index (χ3n) is 5.04. The molecule has 0 saturated heterocycles. The van der Waals surface area contributed by atoms with Gasteiger partial charge in [0.2, 0.25) is 6.10 Å². The van der Waals surface area contributed by atoms with Crippen molar-refractivity contribution in [2.45, 2.75) is 37.8 Å². The molecule has 6 nitrogen and oxygen atoms in total. The number of carbonyl (C=O) groups is 2. The molecule has 1 heterocycles. The van der Waals surface area contributed by atoms with Crippen LogP contribution in [-0.2, 0) is 9.53 Å². The summed E-state index contributed by atoms with van der Waals surface area (Å²) >= 11 is 0. The van der Waals surface area contributed by atoms with Crippen LogP contribution < -0.4 is 14.8 Å². The molecule has 0 radical (unpaired) electrons. The maximum atomic E-state index is 12.9. The number of nitrogens with one attached hydrogen (secondary N) is 1. The Morgan fingerprint density at radius 1 is 0.964 bits per heavy atom. The molecule has 0 spiro atoms. The van der Waals surface area contributed by atoms with Crippen molar-refractivity contribution in [2.24, 2.45) is 0 Å². The fraction of sp³-hybridized carbons (Fsp3) is 0.364. The second-order valence-electron chi connectivity index (χ2n) is 7.04. The van der Waals surface area contributed by atoms with E-state index in [0.29, 0.717) is 35.8 Å². The predicted molar refractivity (Wildman–Crippen MR) is 102 cm³/mol. The summed E-state index contributed by atoms with van der Waals surface area (Å²) in [5, 5.41) is 3.02. The zero-order valence-corrected chi connectivity index (χ0v) is 15.6. The minimum Gasteiger partial charge on any atom is -0.486 e. The first-order valence-corrected chi connectivity index (χ1v) is 9.66. The zero-order valence-electron chi connectivity index (χ0n) is 15.6. The van der Waals surface area contributed by atoms with Crippen LogP contribution in [0.4, 0.5) is 0 Å². The average Bonchev–Trinajstić information content (AvgIpc) is 3.25. The van der Waals surface area contributed by atoms with Crippen molar-refractivity contribution in [1.29, 1.82) is 0 Å². The largest absolute Gasteiger partial charge is 0.486 e. The molecule has 0 bridgehead atoms. The van der Waals surface area contributed by atoms with Crippen LogP contribution in [0.5, 0.6) is 11.5 Å². The van der Waals surface area contributed by atoms with Crippen molar-refractivity contribution in [1.82, 2.24) is 5.32 Å². The highest BCUT2D eigenvalue weighted by Gasteiger charge is 2.29. The van der Waals surface area contributed by atoms with Crippen molar-refractivity contribution in [3.63, 3.8) is 0 Å². The van der Waals surface area contributed by atoms with E-state index in [1.807, 2.05) is 18.2 Å². The van der Waals surface area contributed by atoms with Crippen LogP contribution in [0.25, 0.3) is 0 Å². The number of hydrogen-bond donors (Lipinski definition) is 1. The Hall–Kier alpha value is -3.02. The number of fused-ring (bicyclic) bond motifs is 1. The van der Waals surface area contributed by atoms with Crippen LogP contribution >= 0.6 is 0 Å². The number of ether oxygens (including phenoxy) is 3. The summed E-state index contributed by atoms with van der Waals surface area (Å²) in [6, 6.07) is 14.1. The molecule has 1 amide bonds. The van der Waals surface area contributed by atoms with E-state index in [-0.39, 0.29) is 11.9 Å². The first-order chi connectivity index (χ1) is 13.7. The minimum atomic E-state index is -0.998. The first kappa shape index (κ1) is 18.3. The van der Waals surface area contributed by atoms with Gasteiger partial charge in [-0.25, -0.2) is 4.79 Å². The van der Waals surface area contributed by atoms with Gasteiger partial charge in [-0.3, -0.25) is 4.79 Å². The molecule has 28 heavy (non-hydrogen) atoms. The number of rotatable bonds is 5. The van der Waals surface area contributed by atoms with E-state index in [1.165, 1.54) is 0 Å². The highest BCUT2D eigenvalue weighted by molar-refractivity contribution is 5.93. The summed E-state index contributed by atoms with van der Waals surface area (Å²) in [5.74, 6) is 0.241. The highest BCUT2D eigenvalue weighted by Crippen LogP contribution is 2.31. The fourth-order valence-electron chi connectivity index (χ4n) is 3.59. The topological polar surface area (TPSA) is 73.9 Å². The first-order valence-electron chi connectivity index (χ1n) is 9.66. The summed E-state index contributed by atoms with van der Waals surface area (Å²) in [4.78, 5) is 25.6. The fourth-order valence-corrected chi connectivity index (χ4v) is 3.59. The Morgan fingerprint density at radius 3 is 2.43 bits per heavy atom. The molecular weight excluding hydrogens is 358 g/mol. The standard InChI is InChI=1S/C22H23NO5/c24-21(23-17-8-4-5-9-17)20(15-6-2-1-3-7-15)28-22(25)16-10-11-18-19(14-16)27-13-12-26-18/h1-3,6-7,10-11,14,17,20H,4-5,8-9,12-13H2,(H,23,24). The van der Waals surface area contributed by atoms with E-state index in [0.717, 1.165) is 25.7 Å². The van der Waals surface area contributed by atoms with E-state index in [9.17, 15) is 9.59 Å². The second kappa shape index (κ2) is 8.33. The van der Waals surface area contributed by atoms with Gasteiger partial charge in [-0.1, -0.05) is 43.2 Å². The molecule has 2 aliphatic rings. The average molecular weight is 381 g/mol. The van der Waals surface area contributed by atoms with Gasteiger partial charge in [-0.05, 0) is 31.0 Å². The van der Waals surface area contributed by atoms with Gasteiger partial charge in [0.25, 0.3) is 5.91 Å². The molecule has 4 rings (SSSR count). The van der Waals surface area contributed by atoms with Crippen molar-refractivity contribution in [3.8, 4) is 11.5 Å². The maximum Gasteiger partial charge on any atom is 0.339 e. The Morgan fingerprint density at radius 2 is 1.68 bits per heavy atom. The van der Waals surface area contributed by atoms with Crippen LogP contribution in [0.1, 0.15) is 47.7 Å². The number of hydrogen-bond acceptors (Lipinski definition) is 5. The molecular formula is C22H23NO5. The van der Waals surface area contributed by atoms with Gasteiger partial charge in [0.1, 0.15) is 13.2 Å². The van der Waals surface area contributed by atoms with Gasteiger partial charge >= 0.3 is 5.97 Å². The van der Waals surface area contributed by atoms with Crippen LogP contribution in [0.3, 0.4) is 0 Å². The maximum absolute atomic E-state index is 12.9. The van der Waals surface area contributed by atoms with E-state index in [1.54, 1.807) is 30.3 Å². The number of esters is 1. The molecule has 2 aromatic carbocycles. The van der Waals surface area contributed by atoms with E-state index < -0.39 is 12.1 Å². The van der Waals surface area contributed by atoms with Crippen molar-refractivity contribution in [3.05, 3.63) is 59.7 Å². The van der Waals surface area contributed by atoms with E-state index in [2.05, 4.69) is 5.32 Å². The van der Waals surface area contributed by atoms with Gasteiger partial charge in [0.15, 0.2) is 11.5 Å². The number of amides is 1. The summed E-state index contributed by atoms with van der Waals surface area (Å²) in [6.07, 6.45) is 3.14. The lowest BCUT2D eigenvalue weighted by Gasteiger charge is -2.21. The molecule has 1 fully saturated rings. The van der Waals surface area contributed by atoms with Crippen LogP contribution in [0.2, 0.25) is 0 Å². The van der Waals surface area contributed by atoms with Gasteiger partial charge < -0.3 is 19.5 Å². The van der Waals surface area contributed by atoms with Gasteiger partial charge in [-0.15, -0.1) is 0 Å². The van der Waals surface area contributed by atoms with Crippen LogP contribution in [0.15, 0.2) is 48.5 Å². The minimum absolute atomic E-state index is 0.145. The molecule has 6 heteroatoms. The molecule has 146 valence electrons. The Labute approximate surface area is 163 Å². The lowest BCUT2D eigenvalue weighted by atomic mass is 10.1. The van der Waals surface area contributed by atoms with Crippen molar-refractivity contribution < 1.29 is 23.8 Å². The molecule has 1 N–H and O–H groups in total. The Bertz CT molecular complexity index is 845. The number of carbonyl (C=O) groups excluding carboxylic acids is 2. The molecule has 1 unspecified atom stereocenters. The molecule has 1 aliphatic carbocycles. The highest BCUT2D eigenvalue weighted by atomic mass is 16.6. The Kier molecular flexibility index (Phi) is 5.46.